The molecule has 1 saturated carbocycles. The molecule has 0 aromatic carbocycles. The number of hydrogen-bond donors (Lipinski definition) is 2. The Morgan fingerprint density at radius 3 is 2.82 bits per heavy atom. The molecule has 4 aromatic rings. The number of aromatic amines is 1. The molecule has 4 aromatic heterocycles. The van der Waals surface area contributed by atoms with Gasteiger partial charge in [-0.15, -0.1) is 0 Å². The summed E-state index contributed by atoms with van der Waals surface area (Å²) in [7, 11) is 0. The fraction of sp³-hybridized carbons (Fsp3) is 0.364. The van der Waals surface area contributed by atoms with Crippen LogP contribution in [-0.4, -0.2) is 31.5 Å². The number of carbonyl (C=O) groups excluding carboxylic acids is 1. The Hall–Kier alpha value is -3.93. The van der Waals surface area contributed by atoms with Crippen molar-refractivity contribution in [3.8, 4) is 11.1 Å². The van der Waals surface area contributed by atoms with E-state index in [2.05, 4.69) is 61.0 Å². The largest absolute Gasteiger partial charge is 0.349 e. The second kappa shape index (κ2) is 11.4. The van der Waals surface area contributed by atoms with Gasteiger partial charge < -0.3 is 10.3 Å². The lowest BCUT2D eigenvalue weighted by molar-refractivity contribution is 0.0934. The zero-order chi connectivity index (χ0) is 27.5. The monoisotopic (exact) mass is 521 g/mol. The third-order valence-electron chi connectivity index (χ3n) is 8.43. The smallest absolute Gasteiger partial charge is 0.255 e. The van der Waals surface area contributed by atoms with Gasteiger partial charge in [-0.25, -0.2) is 9.50 Å². The number of hydrogen-bond acceptors (Lipinski definition) is 3. The summed E-state index contributed by atoms with van der Waals surface area (Å²) >= 11 is 0. The molecule has 0 spiro atoms. The molecule has 6 heteroatoms. The van der Waals surface area contributed by atoms with Crippen LogP contribution in [0.2, 0.25) is 0 Å². The summed E-state index contributed by atoms with van der Waals surface area (Å²) in [4.78, 5) is 21.4. The predicted molar refractivity (Wildman–Crippen MR) is 161 cm³/mol. The molecule has 0 radical (unpaired) electrons. The summed E-state index contributed by atoms with van der Waals surface area (Å²) in [6.45, 7) is 12.5. The quantitative estimate of drug-likeness (QED) is 0.192. The lowest BCUT2D eigenvalue weighted by atomic mass is 9.94. The first-order valence-corrected chi connectivity index (χ1v) is 14.2. The molecule has 2 atom stereocenters. The normalized spacial score (nSPS) is 19.1. The fourth-order valence-corrected chi connectivity index (χ4v) is 5.91. The predicted octanol–water partition coefficient (Wildman–Crippen LogP) is 7.89. The van der Waals surface area contributed by atoms with Gasteiger partial charge in [0.25, 0.3) is 5.91 Å². The lowest BCUT2D eigenvalue weighted by Crippen LogP contribution is -2.34. The van der Waals surface area contributed by atoms with Crippen molar-refractivity contribution in [2.45, 2.75) is 72.3 Å². The molecule has 1 unspecified atom stereocenters. The van der Waals surface area contributed by atoms with Crippen molar-refractivity contribution in [3.05, 3.63) is 84.0 Å². The molecule has 0 aliphatic heterocycles. The first-order valence-electron chi connectivity index (χ1n) is 14.2. The van der Waals surface area contributed by atoms with Crippen LogP contribution >= 0.6 is 0 Å². The number of carbonyl (C=O) groups is 1. The van der Waals surface area contributed by atoms with Crippen LogP contribution in [0.15, 0.2) is 72.9 Å². The molecule has 39 heavy (non-hydrogen) atoms. The summed E-state index contributed by atoms with van der Waals surface area (Å²) < 4.78 is 1.78. The van der Waals surface area contributed by atoms with Gasteiger partial charge in [0, 0.05) is 41.1 Å². The molecule has 1 fully saturated rings. The zero-order valence-corrected chi connectivity index (χ0v) is 23.6. The molecule has 2 N–H and O–H groups in total. The highest BCUT2D eigenvalue weighted by Crippen LogP contribution is 2.34. The SMILES string of the molecule is C=C/C(C)=C(\C(C)=C/C)c1cnc2[nH]cc(-c3ccn4ncc(C(=O)NC5CCC[C@@H](CC)CC5)c4c3)c2c1. The third-order valence-corrected chi connectivity index (χ3v) is 8.43. The van der Waals surface area contributed by atoms with Gasteiger partial charge >= 0.3 is 0 Å². The molecule has 5 rings (SSSR count). The van der Waals surface area contributed by atoms with Crippen LogP contribution in [0.3, 0.4) is 0 Å². The van der Waals surface area contributed by atoms with Gasteiger partial charge in [-0.1, -0.05) is 44.9 Å². The number of H-pyrrole nitrogens is 1. The molecule has 1 aliphatic carbocycles. The first-order chi connectivity index (χ1) is 18.9. The van der Waals surface area contributed by atoms with Crippen molar-refractivity contribution in [3.63, 3.8) is 0 Å². The summed E-state index contributed by atoms with van der Waals surface area (Å²) in [5.41, 5.74) is 8.78. The number of nitrogens with zero attached hydrogens (tertiary/aromatic N) is 3. The number of rotatable bonds is 7. The van der Waals surface area contributed by atoms with Crippen molar-refractivity contribution < 1.29 is 4.79 Å². The van der Waals surface area contributed by atoms with E-state index in [1.807, 2.05) is 37.7 Å². The van der Waals surface area contributed by atoms with Crippen molar-refractivity contribution in [2.75, 3.05) is 0 Å². The maximum absolute atomic E-state index is 13.4. The minimum atomic E-state index is -0.0403. The average molecular weight is 522 g/mol. The first kappa shape index (κ1) is 26.7. The van der Waals surface area contributed by atoms with E-state index in [-0.39, 0.29) is 11.9 Å². The summed E-state index contributed by atoms with van der Waals surface area (Å²) in [5.74, 6) is 0.744. The number of fused-ring (bicyclic) bond motifs is 2. The second-order valence-electron chi connectivity index (χ2n) is 10.8. The minimum Gasteiger partial charge on any atom is -0.349 e. The fourth-order valence-electron chi connectivity index (χ4n) is 5.91. The van der Waals surface area contributed by atoms with Crippen LogP contribution in [0.4, 0.5) is 0 Å². The molecular weight excluding hydrogens is 482 g/mol. The van der Waals surface area contributed by atoms with Crippen LogP contribution in [0.5, 0.6) is 0 Å². The van der Waals surface area contributed by atoms with Crippen LogP contribution in [0, 0.1) is 5.92 Å². The highest BCUT2D eigenvalue weighted by atomic mass is 16.1. The average Bonchev–Trinajstić information content (AvgIpc) is 3.50. The summed E-state index contributed by atoms with van der Waals surface area (Å²) in [6, 6.07) is 6.51. The Morgan fingerprint density at radius 2 is 2.05 bits per heavy atom. The third kappa shape index (κ3) is 5.33. The van der Waals surface area contributed by atoms with E-state index in [1.165, 1.54) is 31.3 Å². The van der Waals surface area contributed by atoms with Gasteiger partial charge in [0.15, 0.2) is 0 Å². The molecular formula is C33H39N5O. The topological polar surface area (TPSA) is 75.1 Å². The van der Waals surface area contributed by atoms with Gasteiger partial charge in [0.1, 0.15) is 5.65 Å². The second-order valence-corrected chi connectivity index (χ2v) is 10.8. The van der Waals surface area contributed by atoms with Crippen molar-refractivity contribution in [2.24, 2.45) is 5.92 Å². The maximum Gasteiger partial charge on any atom is 0.255 e. The van der Waals surface area contributed by atoms with Gasteiger partial charge in [0.2, 0.25) is 0 Å². The number of aromatic nitrogens is 4. The highest BCUT2D eigenvalue weighted by Gasteiger charge is 2.22. The number of amides is 1. The number of allylic oxidation sites excluding steroid dienone is 5. The van der Waals surface area contributed by atoms with E-state index in [0.29, 0.717) is 5.56 Å². The van der Waals surface area contributed by atoms with Gasteiger partial charge in [-0.3, -0.25) is 4.79 Å². The molecule has 1 aliphatic rings. The van der Waals surface area contributed by atoms with Crippen LogP contribution < -0.4 is 5.32 Å². The molecule has 4 heterocycles. The van der Waals surface area contributed by atoms with Crippen LogP contribution in [0.1, 0.15) is 82.1 Å². The van der Waals surface area contributed by atoms with E-state index in [4.69, 9.17) is 4.98 Å². The van der Waals surface area contributed by atoms with E-state index in [1.54, 1.807) is 10.7 Å². The molecule has 202 valence electrons. The Bertz CT molecular complexity index is 1580. The Labute approximate surface area is 230 Å². The minimum absolute atomic E-state index is 0.0403. The van der Waals surface area contributed by atoms with Crippen molar-refractivity contribution in [1.29, 1.82) is 0 Å². The maximum atomic E-state index is 13.4. The summed E-state index contributed by atoms with van der Waals surface area (Å²) in [6.07, 6.45) is 18.5. The van der Waals surface area contributed by atoms with Crippen LogP contribution in [-0.2, 0) is 0 Å². The van der Waals surface area contributed by atoms with Gasteiger partial charge in [-0.05, 0) is 86.4 Å². The van der Waals surface area contributed by atoms with Crippen molar-refractivity contribution in [1.82, 2.24) is 24.9 Å². The number of nitrogens with one attached hydrogen (secondary N) is 2. The molecule has 0 saturated heterocycles. The van der Waals surface area contributed by atoms with Gasteiger partial charge in [0.05, 0.1) is 17.3 Å². The molecule has 6 nitrogen and oxygen atoms in total. The standard InChI is InChI=1S/C33H39N5O/c1-6-21(4)31(22(5)7-2)25-16-27-28(19-35-32(27)34-18-25)24-14-15-38-30(17-24)29(20-36-38)33(39)37-26-11-9-10-23(8-3)12-13-26/h6-7,14-20,23,26H,1,8-13H2,2-5H3,(H,34,35)(H,37,39)/b22-7-,31-21+/t23-,26?/m1/s1. The van der Waals surface area contributed by atoms with Gasteiger partial charge in [-0.2, -0.15) is 5.10 Å². The Balaban J connectivity index is 1.49. The molecule has 1 amide bonds. The Kier molecular flexibility index (Phi) is 7.82. The van der Waals surface area contributed by atoms with E-state index < -0.39 is 0 Å². The lowest BCUT2D eigenvalue weighted by Gasteiger charge is -2.16. The Morgan fingerprint density at radius 1 is 1.21 bits per heavy atom. The van der Waals surface area contributed by atoms with Crippen LogP contribution in [0.25, 0.3) is 33.3 Å². The summed E-state index contributed by atoms with van der Waals surface area (Å²) in [5, 5.41) is 8.81. The zero-order valence-electron chi connectivity index (χ0n) is 23.6. The van der Waals surface area contributed by atoms with E-state index in [9.17, 15) is 4.79 Å². The highest BCUT2D eigenvalue weighted by molar-refractivity contribution is 6.02. The molecule has 0 bridgehead atoms. The van der Waals surface area contributed by atoms with E-state index >= 15 is 0 Å². The number of pyridine rings is 2. The van der Waals surface area contributed by atoms with E-state index in [0.717, 1.165) is 63.1 Å². The van der Waals surface area contributed by atoms with Crippen molar-refractivity contribution >= 4 is 28.0 Å².